The van der Waals surface area contributed by atoms with Crippen molar-refractivity contribution in [1.29, 1.82) is 0 Å². The molecule has 4 fully saturated rings. The zero-order valence-corrected chi connectivity index (χ0v) is 48.4. The average molecular weight is 1330 g/mol. The maximum absolute atomic E-state index is 14.9. The summed E-state index contributed by atoms with van der Waals surface area (Å²) in [5, 5.41) is 69.4. The summed E-state index contributed by atoms with van der Waals surface area (Å²) in [5.74, 6) is -10.7. The normalized spacial score (nSPS) is 29.3. The Labute approximate surface area is 484 Å². The molecule has 2 heterocycles. The number of rotatable bonds is 8. The Hall–Kier alpha value is -6.51. The molecule has 3 aromatic rings. The molecule has 1 amide bonds. The number of carboxylic acids is 2. The first-order valence-corrected chi connectivity index (χ1v) is 25.8. The summed E-state index contributed by atoms with van der Waals surface area (Å²) < 4.78 is 41.5. The maximum atomic E-state index is 14.9. The quantitative estimate of drug-likeness (QED) is 0.0724. The van der Waals surface area contributed by atoms with E-state index in [0.29, 0.717) is 11.8 Å². The van der Waals surface area contributed by atoms with E-state index in [9.17, 15) is 58.4 Å². The Balaban J connectivity index is 0.000000497. The van der Waals surface area contributed by atoms with Crippen LogP contribution in [0.1, 0.15) is 116 Å². The number of aliphatic hydroxyl groups is 4. The van der Waals surface area contributed by atoms with Gasteiger partial charge < -0.3 is 85.7 Å². The summed E-state index contributed by atoms with van der Waals surface area (Å²) >= 11 is 0. The van der Waals surface area contributed by atoms with Crippen molar-refractivity contribution in [3.05, 3.63) is 127 Å². The van der Waals surface area contributed by atoms with Gasteiger partial charge in [-0.15, -0.1) is 0 Å². The number of fused-ring (bicyclic) bond motifs is 5. The number of aliphatic carboxylic acids is 2. The van der Waals surface area contributed by atoms with Gasteiger partial charge in [-0.05, 0) is 63.5 Å². The van der Waals surface area contributed by atoms with Crippen LogP contribution in [0.3, 0.4) is 0 Å². The maximum Gasteiger partial charge on any atom is 4.00 e. The molecule has 0 radical (unpaired) electrons. The van der Waals surface area contributed by atoms with Gasteiger partial charge >= 0.3 is 50.8 Å². The molecule has 2 bridgehead atoms. The fraction of sp³-hybridized carbons (Fsp3) is 0.545. The largest absolute Gasteiger partial charge is 4.00 e. The smallest absolute Gasteiger partial charge is 0.676 e. The Bertz CT molecular complexity index is 2930. The van der Waals surface area contributed by atoms with E-state index >= 15 is 0 Å². The molecule has 4 aliphatic carbocycles. The zero-order valence-electron chi connectivity index (χ0n) is 46.1. The summed E-state index contributed by atoms with van der Waals surface area (Å²) in [6, 6.07) is 14.5. The van der Waals surface area contributed by atoms with Crippen LogP contribution >= 0.6 is 0 Å². The molecule has 1 unspecified atom stereocenters. The van der Waals surface area contributed by atoms with Crippen LogP contribution < -0.4 is 26.8 Å². The Morgan fingerprint density at radius 1 is 0.890 bits per heavy atom. The molecule has 82 heavy (non-hydrogen) atoms. The number of carbonyl (C=O) groups is 7. The van der Waals surface area contributed by atoms with Crippen LogP contribution in [-0.4, -0.2) is 144 Å². The summed E-state index contributed by atoms with van der Waals surface area (Å²) in [4.78, 5) is 111. The van der Waals surface area contributed by atoms with Gasteiger partial charge in [0, 0.05) is 31.4 Å². The van der Waals surface area contributed by atoms with E-state index < -0.39 is 141 Å². The van der Waals surface area contributed by atoms with Gasteiger partial charge in [0.05, 0.1) is 47.6 Å². The van der Waals surface area contributed by atoms with E-state index in [1.54, 1.807) is 88.1 Å². The minimum atomic E-state index is -2.35. The number of halogens is 1. The van der Waals surface area contributed by atoms with Crippen molar-refractivity contribution in [3.63, 3.8) is 0 Å². The van der Waals surface area contributed by atoms with E-state index in [2.05, 4.69) is 5.32 Å². The van der Waals surface area contributed by atoms with Crippen molar-refractivity contribution in [3.8, 4) is 0 Å². The molecule has 0 spiro atoms. The second-order valence-electron chi connectivity index (χ2n) is 22.1. The number of hydrogen-bond donors (Lipinski definition) is 7. The minimum absolute atomic E-state index is 0. The number of ether oxygens (including phenoxy) is 5. The Kier molecular flexibility index (Phi) is 22.6. The number of alkyl carbamates (subject to hydrolysis) is 1. The van der Waals surface area contributed by atoms with Gasteiger partial charge in [-0.3, -0.25) is 19.4 Å². The number of esters is 3. The van der Waals surface area contributed by atoms with Crippen LogP contribution in [0, 0.1) is 22.6 Å². The molecular formula is C55H68FN5O20Pt. The number of hydrogen-bond acceptors (Lipinski definition) is 20. The van der Waals surface area contributed by atoms with Crippen LogP contribution in [-0.2, 0) is 68.7 Å². The molecule has 3 saturated carbocycles. The number of Topliss-reactive ketones (excluding diaryl/α,β-unsaturated/α-hetero) is 1. The summed E-state index contributed by atoms with van der Waals surface area (Å²) in [7, 11) is 0. The fourth-order valence-corrected chi connectivity index (χ4v) is 11.1. The number of ketones is 1. The molecule has 1 aromatic heterocycles. The predicted molar refractivity (Wildman–Crippen MR) is 276 cm³/mol. The van der Waals surface area contributed by atoms with Gasteiger partial charge in [-0.25, -0.2) is 19.2 Å². The number of benzene rings is 2. The molecule has 450 valence electrons. The molecule has 1 saturated heterocycles. The fourth-order valence-electron chi connectivity index (χ4n) is 11.1. The van der Waals surface area contributed by atoms with Crippen molar-refractivity contribution in [2.75, 3.05) is 6.61 Å². The third kappa shape index (κ3) is 14.8. The summed E-state index contributed by atoms with van der Waals surface area (Å²) in [5.41, 5.74) is 4.74. The van der Waals surface area contributed by atoms with Crippen molar-refractivity contribution in [2.45, 2.75) is 165 Å². The van der Waals surface area contributed by atoms with Gasteiger partial charge in [-0.2, -0.15) is 16.5 Å². The molecule has 5 aliphatic rings. The molecule has 9 N–H and O–H groups in total. The Morgan fingerprint density at radius 3 is 1.90 bits per heavy atom. The van der Waals surface area contributed by atoms with Gasteiger partial charge in [0.2, 0.25) is 5.82 Å². The first-order valence-electron chi connectivity index (χ1n) is 25.8. The van der Waals surface area contributed by atoms with E-state index in [0.717, 1.165) is 19.8 Å². The van der Waals surface area contributed by atoms with Crippen LogP contribution in [0.15, 0.2) is 87.6 Å². The van der Waals surface area contributed by atoms with Gasteiger partial charge in [0.25, 0.3) is 5.56 Å². The molecule has 13 atom stereocenters. The van der Waals surface area contributed by atoms with Gasteiger partial charge in [-0.1, -0.05) is 88.1 Å². The molecule has 2 aromatic carbocycles. The number of aromatic amines is 2. The number of aliphatic hydroxyl groups excluding tert-OH is 3. The second kappa shape index (κ2) is 27.3. The number of amides is 1. The van der Waals surface area contributed by atoms with Crippen LogP contribution in [0.2, 0.25) is 0 Å². The third-order valence-electron chi connectivity index (χ3n) is 15.3. The average Bonchev–Trinajstić information content (AvgIpc) is 2.66. The number of H-pyrrole nitrogens is 2. The van der Waals surface area contributed by atoms with Gasteiger partial charge in [0.15, 0.2) is 17.5 Å². The first-order chi connectivity index (χ1) is 37.6. The molecule has 25 nitrogen and oxygen atoms in total. The van der Waals surface area contributed by atoms with Crippen molar-refractivity contribution in [2.24, 2.45) is 16.7 Å². The first kappa shape index (κ1) is 68.0. The predicted octanol–water partition coefficient (Wildman–Crippen LogP) is 1.35. The number of carbonyl (C=O) groups excluding carboxylic acids is 7. The Morgan fingerprint density at radius 2 is 1.44 bits per heavy atom. The zero-order chi connectivity index (χ0) is 60.7. The third-order valence-corrected chi connectivity index (χ3v) is 15.3. The van der Waals surface area contributed by atoms with E-state index in [-0.39, 0.29) is 62.9 Å². The SMILES string of the molecule is CC(=O)O[C@@]12CO[C@@H]1C[C@H](O)[C@@]1(C)C(=O)[C@H](O)C3=C(C)[C@@H](OC(=O)C(O)[C@@H](NC(=O)OC(C)(C)C)c4ccccc4)C[C@@](O)([C@@H](OC(=O)c4ccccc4)[C@H]21)C3(C)C.O=C([O-])C(=O)[O-].O=c1[nH]cc(F)c(=O)[nH]1.[NH-][C@H]1CCCC[C@@H]1[NH-].[Pt+4]. The molecule has 1 aliphatic heterocycles. The topological polar surface area (TPSA) is 418 Å². The van der Waals surface area contributed by atoms with Crippen LogP contribution in [0.4, 0.5) is 9.18 Å². The second-order valence-corrected chi connectivity index (χ2v) is 22.1. The summed E-state index contributed by atoms with van der Waals surface area (Å²) in [6.45, 7) is 11.8. The van der Waals surface area contributed by atoms with Crippen LogP contribution in [0.25, 0.3) is 11.5 Å². The monoisotopic (exact) mass is 1330 g/mol. The number of nitrogens with one attached hydrogen (secondary N) is 5. The minimum Gasteiger partial charge on any atom is -0.676 e. The molecular weight excluding hydrogens is 1260 g/mol. The number of aromatic nitrogens is 2. The molecule has 27 heteroatoms. The molecule has 8 rings (SSSR count). The van der Waals surface area contributed by atoms with E-state index in [4.69, 9.17) is 55.0 Å². The van der Waals surface area contributed by atoms with Crippen molar-refractivity contribution >= 4 is 41.7 Å². The number of carboxylic acid groups (broad SMARTS) is 2. The van der Waals surface area contributed by atoms with E-state index in [1.807, 2.05) is 4.98 Å². The van der Waals surface area contributed by atoms with Crippen molar-refractivity contribution in [1.82, 2.24) is 15.3 Å². The van der Waals surface area contributed by atoms with E-state index in [1.165, 1.54) is 38.8 Å². The summed E-state index contributed by atoms with van der Waals surface area (Å²) in [6.07, 6.45) is -6.53. The van der Waals surface area contributed by atoms with Gasteiger partial charge in [0.1, 0.15) is 35.6 Å². The van der Waals surface area contributed by atoms with Crippen molar-refractivity contribution < 1.29 is 113 Å². The standard InChI is InChI=1S/C43H53NO14.C6H12N2.C4H3FN2O2.C2H2O4.Pt/c1-22-26(55-37(51)32(48)30(24-15-11-9-12-16-24)44-38(52)58-39(3,4)5)20-43(53)35(56-36(50)25-17-13-10-14-18-25)33-41(8,34(49)31(47)29(22)40(43,6)7)27(46)19-28-42(33,21-54-28)57-23(2)45;7-5-3-1-2-4-6(5)8;5-2-1-6-4(9)7-3(2)8;3-1(4)2(5)6;/h9-18,26-28,30-33,35,46-48,53H,19-21H2,1-8H3,(H,44,52);5-8H,1-4H2;1H,(H2,6,7,8,9);(H,3,4)(H,5,6);/q;-2;;;+4/p-2/t26-,27-,28+,30-,31+,32?,33-,35-,41+,42-,43+;5-,6-;;;/m00.../s1. The van der Waals surface area contributed by atoms with Crippen LogP contribution in [0.5, 0.6) is 0 Å².